The monoisotopic (exact) mass is 214 g/mol. The lowest BCUT2D eigenvalue weighted by atomic mass is 10.1. The van der Waals surface area contributed by atoms with Crippen molar-refractivity contribution >= 4 is 11.6 Å². The Labute approximate surface area is 89.8 Å². The van der Waals surface area contributed by atoms with Gasteiger partial charge in [0.2, 0.25) is 0 Å². The average molecular weight is 215 g/mol. The van der Waals surface area contributed by atoms with Crippen molar-refractivity contribution in [1.29, 1.82) is 0 Å². The third kappa shape index (κ3) is 3.66. The van der Waals surface area contributed by atoms with Crippen LogP contribution in [0.5, 0.6) is 0 Å². The fourth-order valence-electron chi connectivity index (χ4n) is 1.27. The molecule has 0 aliphatic carbocycles. The molecule has 0 bridgehead atoms. The van der Waals surface area contributed by atoms with Gasteiger partial charge >= 0.3 is 0 Å². The van der Waals surface area contributed by atoms with Crippen molar-refractivity contribution in [1.82, 2.24) is 0 Å². The molecule has 1 aromatic carbocycles. The standard InChI is InChI=1S/C11H15ClO2/c1-13-11(14-2)8-5-9-3-6-10(12)7-4-9/h3-4,6-7,11H,5,8H2,1-2H3. The number of halogens is 1. The van der Waals surface area contributed by atoms with Crippen LogP contribution in [0.2, 0.25) is 5.02 Å². The number of methoxy groups -OCH3 is 2. The predicted molar refractivity (Wildman–Crippen MR) is 57.6 cm³/mol. The maximum absolute atomic E-state index is 5.78. The van der Waals surface area contributed by atoms with Crippen molar-refractivity contribution < 1.29 is 9.47 Å². The summed E-state index contributed by atoms with van der Waals surface area (Å²) in [4.78, 5) is 0. The number of hydrogen-bond donors (Lipinski definition) is 0. The Bertz CT molecular complexity index is 254. The van der Waals surface area contributed by atoms with E-state index in [1.165, 1.54) is 5.56 Å². The first-order valence-electron chi connectivity index (χ1n) is 4.56. The normalized spacial score (nSPS) is 10.9. The maximum Gasteiger partial charge on any atom is 0.157 e. The molecular weight excluding hydrogens is 200 g/mol. The van der Waals surface area contributed by atoms with Gasteiger partial charge in [-0.3, -0.25) is 0 Å². The van der Waals surface area contributed by atoms with Crippen molar-refractivity contribution in [3.05, 3.63) is 34.9 Å². The molecule has 0 spiro atoms. The number of hydrogen-bond acceptors (Lipinski definition) is 2. The molecule has 0 saturated heterocycles. The zero-order valence-electron chi connectivity index (χ0n) is 8.50. The zero-order valence-corrected chi connectivity index (χ0v) is 9.25. The van der Waals surface area contributed by atoms with Crippen molar-refractivity contribution in [3.8, 4) is 0 Å². The lowest BCUT2D eigenvalue weighted by molar-refractivity contribution is -0.105. The molecule has 0 saturated carbocycles. The third-order valence-electron chi connectivity index (χ3n) is 2.11. The summed E-state index contributed by atoms with van der Waals surface area (Å²) in [7, 11) is 3.30. The Morgan fingerprint density at radius 1 is 1.14 bits per heavy atom. The van der Waals surface area contributed by atoms with Gasteiger partial charge in [-0.25, -0.2) is 0 Å². The minimum Gasteiger partial charge on any atom is -0.356 e. The molecule has 1 rings (SSSR count). The summed E-state index contributed by atoms with van der Waals surface area (Å²) in [5.74, 6) is 0. The molecule has 0 fully saturated rings. The second-order valence-electron chi connectivity index (χ2n) is 3.07. The van der Waals surface area contributed by atoms with Crippen LogP contribution in [0.1, 0.15) is 12.0 Å². The van der Waals surface area contributed by atoms with Crippen molar-refractivity contribution in [2.45, 2.75) is 19.1 Å². The second kappa shape index (κ2) is 6.02. The molecule has 0 aliphatic heterocycles. The SMILES string of the molecule is COC(CCc1ccc(Cl)cc1)OC. The molecule has 0 aliphatic rings. The molecule has 0 amide bonds. The fourth-order valence-corrected chi connectivity index (χ4v) is 1.39. The van der Waals surface area contributed by atoms with Gasteiger partial charge in [-0.05, 0) is 24.1 Å². The van der Waals surface area contributed by atoms with Crippen LogP contribution in [0, 0.1) is 0 Å². The van der Waals surface area contributed by atoms with Gasteiger partial charge < -0.3 is 9.47 Å². The van der Waals surface area contributed by atoms with Gasteiger partial charge in [-0.1, -0.05) is 23.7 Å². The minimum absolute atomic E-state index is 0.120. The lowest BCUT2D eigenvalue weighted by Crippen LogP contribution is -2.13. The third-order valence-corrected chi connectivity index (χ3v) is 2.36. The molecule has 0 aromatic heterocycles. The number of rotatable bonds is 5. The van der Waals surface area contributed by atoms with Crippen LogP contribution in [0.3, 0.4) is 0 Å². The summed E-state index contributed by atoms with van der Waals surface area (Å²) < 4.78 is 10.2. The highest BCUT2D eigenvalue weighted by molar-refractivity contribution is 6.30. The zero-order chi connectivity index (χ0) is 10.4. The van der Waals surface area contributed by atoms with E-state index < -0.39 is 0 Å². The Kier molecular flexibility index (Phi) is 4.94. The summed E-state index contributed by atoms with van der Waals surface area (Å²) >= 11 is 5.78. The van der Waals surface area contributed by atoms with Crippen LogP contribution >= 0.6 is 11.6 Å². The molecular formula is C11H15ClO2. The molecule has 0 N–H and O–H groups in total. The highest BCUT2D eigenvalue weighted by Crippen LogP contribution is 2.12. The largest absolute Gasteiger partial charge is 0.356 e. The molecule has 2 nitrogen and oxygen atoms in total. The van der Waals surface area contributed by atoms with Crippen LogP contribution < -0.4 is 0 Å². The van der Waals surface area contributed by atoms with Gasteiger partial charge in [-0.2, -0.15) is 0 Å². The van der Waals surface area contributed by atoms with Crippen molar-refractivity contribution in [2.24, 2.45) is 0 Å². The lowest BCUT2D eigenvalue weighted by Gasteiger charge is -2.12. The number of aryl methyl sites for hydroxylation is 1. The van der Waals surface area contributed by atoms with Crippen LogP contribution in [0.4, 0.5) is 0 Å². The summed E-state index contributed by atoms with van der Waals surface area (Å²) in [6.45, 7) is 0. The molecule has 0 heterocycles. The van der Waals surface area contributed by atoms with Gasteiger partial charge in [0.25, 0.3) is 0 Å². The smallest absolute Gasteiger partial charge is 0.157 e. The van der Waals surface area contributed by atoms with Gasteiger partial charge in [-0.15, -0.1) is 0 Å². The van der Waals surface area contributed by atoms with E-state index >= 15 is 0 Å². The number of ether oxygens (including phenoxy) is 2. The highest BCUT2D eigenvalue weighted by atomic mass is 35.5. The average Bonchev–Trinajstić information content (AvgIpc) is 2.22. The minimum atomic E-state index is -0.120. The van der Waals surface area contributed by atoms with Crippen molar-refractivity contribution in [3.63, 3.8) is 0 Å². The van der Waals surface area contributed by atoms with Crippen LogP contribution in [-0.2, 0) is 15.9 Å². The van der Waals surface area contributed by atoms with E-state index in [2.05, 4.69) is 0 Å². The Hall–Kier alpha value is -0.570. The summed E-state index contributed by atoms with van der Waals surface area (Å²) in [5.41, 5.74) is 1.24. The molecule has 1 aromatic rings. The van der Waals surface area contributed by atoms with Gasteiger partial charge in [0, 0.05) is 25.7 Å². The predicted octanol–water partition coefficient (Wildman–Crippen LogP) is 2.89. The van der Waals surface area contributed by atoms with Gasteiger partial charge in [0.1, 0.15) is 0 Å². The maximum atomic E-state index is 5.78. The van der Waals surface area contributed by atoms with E-state index in [0.717, 1.165) is 17.9 Å². The first-order chi connectivity index (χ1) is 6.76. The Morgan fingerprint density at radius 2 is 1.71 bits per heavy atom. The van der Waals surface area contributed by atoms with Crippen LogP contribution in [-0.4, -0.2) is 20.5 Å². The summed E-state index contributed by atoms with van der Waals surface area (Å²) in [6, 6.07) is 7.83. The van der Waals surface area contributed by atoms with E-state index in [0.29, 0.717) is 0 Å². The Morgan fingerprint density at radius 3 is 2.21 bits per heavy atom. The molecule has 3 heteroatoms. The van der Waals surface area contributed by atoms with E-state index in [1.807, 2.05) is 24.3 Å². The summed E-state index contributed by atoms with van der Waals surface area (Å²) in [5, 5.41) is 0.767. The van der Waals surface area contributed by atoms with E-state index in [1.54, 1.807) is 14.2 Å². The van der Waals surface area contributed by atoms with E-state index in [9.17, 15) is 0 Å². The van der Waals surface area contributed by atoms with Gasteiger partial charge in [0.05, 0.1) is 0 Å². The molecule has 0 radical (unpaired) electrons. The first-order valence-corrected chi connectivity index (χ1v) is 4.94. The molecule has 14 heavy (non-hydrogen) atoms. The van der Waals surface area contributed by atoms with Crippen LogP contribution in [0.25, 0.3) is 0 Å². The van der Waals surface area contributed by atoms with Crippen molar-refractivity contribution in [2.75, 3.05) is 14.2 Å². The first kappa shape index (κ1) is 11.5. The fraction of sp³-hybridized carbons (Fsp3) is 0.455. The van der Waals surface area contributed by atoms with Crippen LogP contribution in [0.15, 0.2) is 24.3 Å². The van der Waals surface area contributed by atoms with E-state index in [4.69, 9.17) is 21.1 Å². The topological polar surface area (TPSA) is 18.5 Å². The molecule has 0 atom stereocenters. The molecule has 0 unspecified atom stereocenters. The van der Waals surface area contributed by atoms with E-state index in [-0.39, 0.29) is 6.29 Å². The van der Waals surface area contributed by atoms with Gasteiger partial charge in [0.15, 0.2) is 6.29 Å². The summed E-state index contributed by atoms with van der Waals surface area (Å²) in [6.07, 6.45) is 1.67. The highest BCUT2D eigenvalue weighted by Gasteiger charge is 2.04. The molecule has 78 valence electrons. The Balaban J connectivity index is 2.41. The number of benzene rings is 1. The quantitative estimate of drug-likeness (QED) is 0.702. The second-order valence-corrected chi connectivity index (χ2v) is 3.50.